The molecule has 0 saturated heterocycles. The van der Waals surface area contributed by atoms with Gasteiger partial charge in [-0.05, 0) is 47.5 Å². The first-order valence-corrected chi connectivity index (χ1v) is 8.65. The van der Waals surface area contributed by atoms with Crippen LogP contribution in [0.4, 0.5) is 17.1 Å². The SMILES string of the molecule is Nc1ccc(-n2cc(C(=O)Nc3cc(-c4ccccc4)ccc3N)nn2)cc1. The second-order valence-electron chi connectivity index (χ2n) is 6.26. The van der Waals surface area contributed by atoms with Crippen LogP contribution in [0.2, 0.25) is 0 Å². The van der Waals surface area contributed by atoms with Crippen molar-refractivity contribution in [3.63, 3.8) is 0 Å². The fourth-order valence-corrected chi connectivity index (χ4v) is 2.78. The summed E-state index contributed by atoms with van der Waals surface area (Å²) in [7, 11) is 0. The molecule has 4 aromatic rings. The lowest BCUT2D eigenvalue weighted by Crippen LogP contribution is -2.13. The number of hydrogen-bond donors (Lipinski definition) is 3. The Morgan fingerprint density at radius 1 is 0.893 bits per heavy atom. The van der Waals surface area contributed by atoms with Gasteiger partial charge in [0.1, 0.15) is 0 Å². The highest BCUT2D eigenvalue weighted by atomic mass is 16.2. The lowest BCUT2D eigenvalue weighted by Gasteiger charge is -2.09. The van der Waals surface area contributed by atoms with E-state index in [4.69, 9.17) is 11.5 Å². The first kappa shape index (κ1) is 17.3. The Morgan fingerprint density at radius 3 is 2.39 bits per heavy atom. The fourth-order valence-electron chi connectivity index (χ4n) is 2.78. The van der Waals surface area contributed by atoms with E-state index in [0.717, 1.165) is 16.8 Å². The van der Waals surface area contributed by atoms with Gasteiger partial charge in [0.25, 0.3) is 5.91 Å². The Morgan fingerprint density at radius 2 is 1.64 bits per heavy atom. The summed E-state index contributed by atoms with van der Waals surface area (Å²) in [5, 5.41) is 10.8. The monoisotopic (exact) mass is 370 g/mol. The van der Waals surface area contributed by atoms with Crippen LogP contribution in [0.15, 0.2) is 79.0 Å². The van der Waals surface area contributed by atoms with Crippen molar-refractivity contribution in [1.29, 1.82) is 0 Å². The highest BCUT2D eigenvalue weighted by molar-refractivity contribution is 6.04. The summed E-state index contributed by atoms with van der Waals surface area (Å²) >= 11 is 0. The van der Waals surface area contributed by atoms with Gasteiger partial charge in [0.2, 0.25) is 0 Å². The van der Waals surface area contributed by atoms with Gasteiger partial charge in [-0.25, -0.2) is 4.68 Å². The van der Waals surface area contributed by atoms with Crippen molar-refractivity contribution in [2.24, 2.45) is 0 Å². The van der Waals surface area contributed by atoms with Crippen LogP contribution in [-0.4, -0.2) is 20.9 Å². The predicted octanol–water partition coefficient (Wildman–Crippen LogP) is 3.35. The normalized spacial score (nSPS) is 10.6. The van der Waals surface area contributed by atoms with Crippen LogP contribution in [0.5, 0.6) is 0 Å². The van der Waals surface area contributed by atoms with Gasteiger partial charge in [0.05, 0.1) is 23.3 Å². The lowest BCUT2D eigenvalue weighted by molar-refractivity contribution is 0.102. The van der Waals surface area contributed by atoms with Gasteiger partial charge in [-0.2, -0.15) is 0 Å². The second kappa shape index (κ2) is 7.24. The van der Waals surface area contributed by atoms with Gasteiger partial charge < -0.3 is 16.8 Å². The molecular weight excluding hydrogens is 352 g/mol. The average molecular weight is 370 g/mol. The molecule has 1 amide bonds. The Balaban J connectivity index is 1.56. The highest BCUT2D eigenvalue weighted by Gasteiger charge is 2.14. The fraction of sp³-hybridized carbons (Fsp3) is 0. The molecule has 7 nitrogen and oxygen atoms in total. The molecular formula is C21H18N6O. The maximum atomic E-state index is 12.6. The predicted molar refractivity (Wildman–Crippen MR) is 110 cm³/mol. The third-order valence-electron chi connectivity index (χ3n) is 4.29. The molecule has 3 aromatic carbocycles. The van der Waals surface area contributed by atoms with Gasteiger partial charge in [0.15, 0.2) is 5.69 Å². The second-order valence-corrected chi connectivity index (χ2v) is 6.26. The van der Waals surface area contributed by atoms with E-state index in [2.05, 4.69) is 15.6 Å². The number of nitrogens with one attached hydrogen (secondary N) is 1. The number of benzene rings is 3. The minimum Gasteiger partial charge on any atom is -0.399 e. The zero-order valence-corrected chi connectivity index (χ0v) is 14.9. The minimum absolute atomic E-state index is 0.182. The third kappa shape index (κ3) is 3.54. The molecule has 0 radical (unpaired) electrons. The summed E-state index contributed by atoms with van der Waals surface area (Å²) in [5.74, 6) is -0.390. The number of carbonyl (C=O) groups excluding carboxylic acids is 1. The molecule has 0 spiro atoms. The van der Waals surface area contributed by atoms with Crippen LogP contribution in [0.25, 0.3) is 16.8 Å². The van der Waals surface area contributed by atoms with E-state index in [-0.39, 0.29) is 5.69 Å². The van der Waals surface area contributed by atoms with E-state index in [9.17, 15) is 4.79 Å². The van der Waals surface area contributed by atoms with Gasteiger partial charge in [-0.15, -0.1) is 5.10 Å². The number of anilines is 3. The number of nitrogen functional groups attached to an aromatic ring is 2. The quantitative estimate of drug-likeness (QED) is 0.477. The molecule has 0 atom stereocenters. The molecule has 0 saturated carbocycles. The number of nitrogens with zero attached hydrogens (tertiary/aromatic N) is 3. The van der Waals surface area contributed by atoms with E-state index in [1.807, 2.05) is 42.5 Å². The van der Waals surface area contributed by atoms with Crippen molar-refractivity contribution in [1.82, 2.24) is 15.0 Å². The summed E-state index contributed by atoms with van der Waals surface area (Å²) in [6.45, 7) is 0. The first-order valence-electron chi connectivity index (χ1n) is 8.65. The van der Waals surface area contributed by atoms with Crippen molar-refractivity contribution < 1.29 is 4.79 Å². The molecule has 4 rings (SSSR count). The number of nitrogens with two attached hydrogens (primary N) is 2. The standard InChI is InChI=1S/C21H18N6O/c22-16-7-9-17(10-8-16)27-13-20(25-26-27)21(28)24-19-12-15(6-11-18(19)23)14-4-2-1-3-5-14/h1-13H,22-23H2,(H,24,28). The average Bonchev–Trinajstić information content (AvgIpc) is 3.21. The first-order chi connectivity index (χ1) is 13.6. The summed E-state index contributed by atoms with van der Waals surface area (Å²) in [4.78, 5) is 12.6. The largest absolute Gasteiger partial charge is 0.399 e. The van der Waals surface area contributed by atoms with Crippen molar-refractivity contribution in [2.45, 2.75) is 0 Å². The van der Waals surface area contributed by atoms with E-state index in [1.165, 1.54) is 4.68 Å². The maximum absolute atomic E-state index is 12.6. The molecule has 0 bridgehead atoms. The molecule has 0 unspecified atom stereocenters. The van der Waals surface area contributed by atoms with Gasteiger partial charge in [-0.3, -0.25) is 4.79 Å². The Hall–Kier alpha value is -4.13. The van der Waals surface area contributed by atoms with E-state index < -0.39 is 5.91 Å². The molecule has 0 aliphatic heterocycles. The maximum Gasteiger partial charge on any atom is 0.277 e. The third-order valence-corrected chi connectivity index (χ3v) is 4.29. The molecule has 1 heterocycles. The van der Waals surface area contributed by atoms with Crippen LogP contribution in [0.1, 0.15) is 10.5 Å². The van der Waals surface area contributed by atoms with Crippen molar-refractivity contribution in [3.05, 3.63) is 84.7 Å². The van der Waals surface area contributed by atoms with Crippen molar-refractivity contribution in [3.8, 4) is 16.8 Å². The number of carbonyl (C=O) groups is 1. The van der Waals surface area contributed by atoms with E-state index >= 15 is 0 Å². The number of aromatic nitrogens is 3. The summed E-state index contributed by atoms with van der Waals surface area (Å²) in [6.07, 6.45) is 1.55. The molecule has 0 fully saturated rings. The molecule has 0 aliphatic carbocycles. The van der Waals surface area contributed by atoms with E-state index in [1.54, 1.807) is 36.5 Å². The molecule has 5 N–H and O–H groups in total. The molecule has 28 heavy (non-hydrogen) atoms. The Bertz CT molecular complexity index is 1120. The van der Waals surface area contributed by atoms with Crippen LogP contribution < -0.4 is 16.8 Å². The molecule has 1 aromatic heterocycles. The van der Waals surface area contributed by atoms with Gasteiger partial charge >= 0.3 is 0 Å². The highest BCUT2D eigenvalue weighted by Crippen LogP contribution is 2.27. The smallest absolute Gasteiger partial charge is 0.277 e. The summed E-state index contributed by atoms with van der Waals surface area (Å²) in [6, 6.07) is 22.5. The minimum atomic E-state index is -0.390. The number of amides is 1. The zero-order valence-electron chi connectivity index (χ0n) is 14.9. The molecule has 0 aliphatic rings. The molecule has 138 valence electrons. The van der Waals surface area contributed by atoms with Crippen molar-refractivity contribution in [2.75, 3.05) is 16.8 Å². The topological polar surface area (TPSA) is 112 Å². The Kier molecular flexibility index (Phi) is 4.47. The van der Waals surface area contributed by atoms with E-state index in [0.29, 0.717) is 17.1 Å². The number of rotatable bonds is 4. The van der Waals surface area contributed by atoms with Gasteiger partial charge in [0, 0.05) is 5.69 Å². The summed E-state index contributed by atoms with van der Waals surface area (Å²) < 4.78 is 1.51. The Labute approximate surface area is 161 Å². The van der Waals surface area contributed by atoms with Crippen LogP contribution in [0, 0.1) is 0 Å². The zero-order chi connectivity index (χ0) is 19.5. The van der Waals surface area contributed by atoms with Gasteiger partial charge in [-0.1, -0.05) is 41.6 Å². The van der Waals surface area contributed by atoms with Crippen LogP contribution in [-0.2, 0) is 0 Å². The van der Waals surface area contributed by atoms with Crippen LogP contribution >= 0.6 is 0 Å². The molecule has 7 heteroatoms. The van der Waals surface area contributed by atoms with Crippen LogP contribution in [0.3, 0.4) is 0 Å². The lowest BCUT2D eigenvalue weighted by atomic mass is 10.0. The summed E-state index contributed by atoms with van der Waals surface area (Å²) in [5.41, 5.74) is 16.3. The number of hydrogen-bond acceptors (Lipinski definition) is 5. The van der Waals surface area contributed by atoms with Crippen molar-refractivity contribution >= 4 is 23.0 Å².